The molecule has 0 radical (unpaired) electrons. The predicted octanol–water partition coefficient (Wildman–Crippen LogP) is 3.44. The highest BCUT2D eigenvalue weighted by atomic mass is 19.1. The fraction of sp³-hybridized carbons (Fsp3) is 0.500. The summed E-state index contributed by atoms with van der Waals surface area (Å²) in [5.41, 5.74) is 2.56. The number of benzene rings is 1. The standard InChI is InChI=1S/C22H28FN3O3/c1-6-16(20(27)12-23)24-21(28)22(13(2)3)11-17(25-29-22)19-10-15-9-14(4)7-8-18(15)26(19)5/h7-10,13,16H,6,11-12H2,1-5H3,(H,24,28). The Kier molecular flexibility index (Phi) is 5.78. The van der Waals surface area contributed by atoms with Crippen molar-refractivity contribution in [1.82, 2.24) is 9.88 Å². The second-order valence-corrected chi connectivity index (χ2v) is 8.04. The van der Waals surface area contributed by atoms with Gasteiger partial charge in [0.05, 0.1) is 11.7 Å². The number of rotatable bonds is 7. The van der Waals surface area contributed by atoms with Crippen LogP contribution >= 0.6 is 0 Å². The van der Waals surface area contributed by atoms with Gasteiger partial charge in [0, 0.05) is 30.3 Å². The van der Waals surface area contributed by atoms with Crippen LogP contribution in [-0.2, 0) is 21.5 Å². The highest BCUT2D eigenvalue weighted by Gasteiger charge is 2.50. The molecule has 0 saturated carbocycles. The first kappa shape index (κ1) is 21.0. The summed E-state index contributed by atoms with van der Waals surface area (Å²) in [6.45, 7) is 6.42. The number of ketones is 1. The molecule has 1 N–H and O–H groups in total. The van der Waals surface area contributed by atoms with Crippen molar-refractivity contribution in [1.29, 1.82) is 0 Å². The summed E-state index contributed by atoms with van der Waals surface area (Å²) in [6.07, 6.45) is 0.596. The van der Waals surface area contributed by atoms with E-state index in [2.05, 4.69) is 28.7 Å². The Morgan fingerprint density at radius 3 is 2.69 bits per heavy atom. The number of aromatic nitrogens is 1. The molecule has 1 amide bonds. The number of alkyl halides is 1. The van der Waals surface area contributed by atoms with Crippen molar-refractivity contribution in [3.05, 3.63) is 35.5 Å². The molecule has 2 atom stereocenters. The van der Waals surface area contributed by atoms with Gasteiger partial charge in [0.1, 0.15) is 12.4 Å². The quantitative estimate of drug-likeness (QED) is 0.772. The van der Waals surface area contributed by atoms with Crippen LogP contribution in [0.15, 0.2) is 29.4 Å². The minimum Gasteiger partial charge on any atom is -0.378 e. The lowest BCUT2D eigenvalue weighted by Crippen LogP contribution is -2.55. The van der Waals surface area contributed by atoms with Gasteiger partial charge in [-0.1, -0.05) is 37.6 Å². The molecule has 29 heavy (non-hydrogen) atoms. The van der Waals surface area contributed by atoms with Crippen LogP contribution in [0.2, 0.25) is 0 Å². The van der Waals surface area contributed by atoms with E-state index in [4.69, 9.17) is 4.84 Å². The van der Waals surface area contributed by atoms with Gasteiger partial charge in [-0.15, -0.1) is 0 Å². The molecule has 2 aromatic rings. The molecule has 1 aliphatic heterocycles. The summed E-state index contributed by atoms with van der Waals surface area (Å²) in [5.74, 6) is -1.27. The predicted molar refractivity (Wildman–Crippen MR) is 111 cm³/mol. The van der Waals surface area contributed by atoms with Gasteiger partial charge in [-0.25, -0.2) is 4.39 Å². The molecule has 1 aromatic carbocycles. The number of nitrogens with zero attached hydrogens (tertiary/aromatic N) is 2. The van der Waals surface area contributed by atoms with Crippen LogP contribution in [0.3, 0.4) is 0 Å². The topological polar surface area (TPSA) is 72.7 Å². The molecule has 0 bridgehead atoms. The molecule has 0 aliphatic carbocycles. The Bertz CT molecular complexity index is 979. The first-order valence-electron chi connectivity index (χ1n) is 9.94. The van der Waals surface area contributed by atoms with E-state index < -0.39 is 30.0 Å². The number of fused-ring (bicyclic) bond motifs is 1. The van der Waals surface area contributed by atoms with Crippen molar-refractivity contribution in [2.45, 2.75) is 52.2 Å². The van der Waals surface area contributed by atoms with Crippen LogP contribution in [0.1, 0.15) is 44.9 Å². The molecule has 6 nitrogen and oxygen atoms in total. The number of oxime groups is 1. The molecule has 1 aromatic heterocycles. The van der Waals surface area contributed by atoms with E-state index in [1.807, 2.05) is 38.5 Å². The molecule has 0 fully saturated rings. The number of carbonyl (C=O) groups excluding carboxylic acids is 2. The largest absolute Gasteiger partial charge is 0.378 e. The number of nitrogens with one attached hydrogen (secondary N) is 1. The maximum Gasteiger partial charge on any atom is 0.268 e. The second kappa shape index (κ2) is 7.97. The van der Waals surface area contributed by atoms with E-state index in [0.717, 1.165) is 16.6 Å². The number of hydrogen-bond donors (Lipinski definition) is 1. The maximum atomic E-state index is 13.1. The molecular formula is C22H28FN3O3. The van der Waals surface area contributed by atoms with Crippen LogP contribution in [0.25, 0.3) is 10.9 Å². The molecule has 1 aliphatic rings. The summed E-state index contributed by atoms with van der Waals surface area (Å²) in [5, 5.41) is 8.02. The van der Waals surface area contributed by atoms with E-state index in [1.165, 1.54) is 5.56 Å². The van der Waals surface area contributed by atoms with E-state index in [9.17, 15) is 14.0 Å². The van der Waals surface area contributed by atoms with Gasteiger partial charge in [0.25, 0.3) is 5.91 Å². The third-order valence-corrected chi connectivity index (χ3v) is 5.79. The Labute approximate surface area is 170 Å². The highest BCUT2D eigenvalue weighted by Crippen LogP contribution is 2.35. The molecular weight excluding hydrogens is 373 g/mol. The summed E-state index contributed by atoms with van der Waals surface area (Å²) in [7, 11) is 1.96. The molecule has 0 spiro atoms. The second-order valence-electron chi connectivity index (χ2n) is 8.04. The zero-order valence-electron chi connectivity index (χ0n) is 17.6. The van der Waals surface area contributed by atoms with Crippen molar-refractivity contribution in [3.8, 4) is 0 Å². The van der Waals surface area contributed by atoms with Crippen LogP contribution in [-0.4, -0.2) is 40.3 Å². The number of amides is 1. The number of halogens is 1. The van der Waals surface area contributed by atoms with Gasteiger partial charge in [-0.2, -0.15) is 0 Å². The first-order valence-corrected chi connectivity index (χ1v) is 9.94. The fourth-order valence-corrected chi connectivity index (χ4v) is 3.81. The van der Waals surface area contributed by atoms with Crippen LogP contribution < -0.4 is 5.32 Å². The van der Waals surface area contributed by atoms with E-state index in [-0.39, 0.29) is 12.3 Å². The van der Waals surface area contributed by atoms with Crippen LogP contribution in [0, 0.1) is 12.8 Å². The molecule has 2 heterocycles. The summed E-state index contributed by atoms with van der Waals surface area (Å²) in [4.78, 5) is 30.6. The molecule has 3 rings (SSSR count). The minimum absolute atomic E-state index is 0.196. The average Bonchev–Trinajstić information content (AvgIpc) is 3.27. The zero-order chi connectivity index (χ0) is 21.3. The Balaban J connectivity index is 1.89. The van der Waals surface area contributed by atoms with Crippen LogP contribution in [0.4, 0.5) is 4.39 Å². The normalized spacial score (nSPS) is 19.9. The third kappa shape index (κ3) is 3.66. The number of aryl methyl sites for hydroxylation is 2. The fourth-order valence-electron chi connectivity index (χ4n) is 3.81. The van der Waals surface area contributed by atoms with Gasteiger partial charge in [-0.05, 0) is 31.5 Å². The molecule has 7 heteroatoms. The van der Waals surface area contributed by atoms with Crippen molar-refractivity contribution in [3.63, 3.8) is 0 Å². The highest BCUT2D eigenvalue weighted by molar-refractivity contribution is 6.07. The van der Waals surface area contributed by atoms with Gasteiger partial charge >= 0.3 is 0 Å². The minimum atomic E-state index is -1.23. The lowest BCUT2D eigenvalue weighted by Gasteiger charge is -2.30. The van der Waals surface area contributed by atoms with Crippen LogP contribution in [0.5, 0.6) is 0 Å². The third-order valence-electron chi connectivity index (χ3n) is 5.79. The number of carbonyl (C=O) groups is 2. The van der Waals surface area contributed by atoms with Gasteiger partial charge in [0.15, 0.2) is 5.78 Å². The zero-order valence-corrected chi connectivity index (χ0v) is 17.6. The van der Waals surface area contributed by atoms with Gasteiger partial charge in [-0.3, -0.25) is 9.59 Å². The smallest absolute Gasteiger partial charge is 0.268 e. The molecule has 156 valence electrons. The van der Waals surface area contributed by atoms with E-state index >= 15 is 0 Å². The summed E-state index contributed by atoms with van der Waals surface area (Å²) < 4.78 is 14.8. The summed E-state index contributed by atoms with van der Waals surface area (Å²) in [6, 6.07) is 7.39. The number of hydrogen-bond acceptors (Lipinski definition) is 4. The van der Waals surface area contributed by atoms with Crippen molar-refractivity contribution >= 4 is 28.3 Å². The monoisotopic (exact) mass is 401 g/mol. The van der Waals surface area contributed by atoms with E-state index in [1.54, 1.807) is 6.92 Å². The number of Topliss-reactive ketones (excluding diaryl/α,β-unsaturated/α-hetero) is 1. The summed E-state index contributed by atoms with van der Waals surface area (Å²) >= 11 is 0. The molecule has 0 saturated heterocycles. The van der Waals surface area contributed by atoms with Crippen molar-refractivity contribution in [2.75, 3.05) is 6.67 Å². The van der Waals surface area contributed by atoms with Gasteiger partial charge in [0.2, 0.25) is 5.60 Å². The maximum absolute atomic E-state index is 13.1. The Morgan fingerprint density at radius 2 is 2.07 bits per heavy atom. The molecule has 2 unspecified atom stereocenters. The lowest BCUT2D eigenvalue weighted by molar-refractivity contribution is -0.151. The lowest BCUT2D eigenvalue weighted by atomic mass is 9.84. The Hall–Kier alpha value is -2.70. The van der Waals surface area contributed by atoms with Crippen molar-refractivity contribution in [2.24, 2.45) is 18.1 Å². The SMILES string of the molecule is CCC(NC(=O)C1(C(C)C)CC(c2cc3cc(C)ccc3n2C)=NO1)C(=O)CF. The van der Waals surface area contributed by atoms with Crippen molar-refractivity contribution < 1.29 is 18.8 Å². The first-order chi connectivity index (χ1) is 13.7. The average molecular weight is 401 g/mol. The van der Waals surface area contributed by atoms with E-state index in [0.29, 0.717) is 12.1 Å². The Morgan fingerprint density at radius 1 is 1.34 bits per heavy atom. The van der Waals surface area contributed by atoms with Gasteiger partial charge < -0.3 is 14.7 Å².